The molecule has 4 rings (SSSR count). The van der Waals surface area contributed by atoms with Crippen molar-refractivity contribution in [1.29, 1.82) is 0 Å². The van der Waals surface area contributed by atoms with Crippen LogP contribution in [0.5, 0.6) is 11.5 Å². The molecule has 27 heavy (non-hydrogen) atoms. The van der Waals surface area contributed by atoms with Gasteiger partial charge in [-0.25, -0.2) is 0 Å². The first-order valence-corrected chi connectivity index (χ1v) is 12.0. The third-order valence-electron chi connectivity index (χ3n) is 4.82. The van der Waals surface area contributed by atoms with Gasteiger partial charge in [-0.2, -0.15) is 0 Å². The molecule has 3 aromatic rings. The van der Waals surface area contributed by atoms with E-state index in [1.807, 2.05) is 11.8 Å². The molecular weight excluding hydrogens is 472 g/mol. The van der Waals surface area contributed by atoms with Crippen LogP contribution in [-0.4, -0.2) is 41.2 Å². The number of fused-ring (bicyclic) bond motifs is 2. The van der Waals surface area contributed by atoms with Crippen LogP contribution in [0, 0.1) is 6.92 Å². The summed E-state index contributed by atoms with van der Waals surface area (Å²) in [6, 6.07) is 11.0. The van der Waals surface area contributed by atoms with Gasteiger partial charge in [-0.15, -0.1) is 0 Å². The molecule has 2 heterocycles. The van der Waals surface area contributed by atoms with Gasteiger partial charge in [0.15, 0.2) is 0 Å². The van der Waals surface area contributed by atoms with Crippen molar-refractivity contribution >= 4 is 52.9 Å². The van der Waals surface area contributed by atoms with Crippen LogP contribution >= 0.6 is 11.8 Å². The van der Waals surface area contributed by atoms with Gasteiger partial charge in [0.1, 0.15) is 0 Å². The molecule has 4 nitrogen and oxygen atoms in total. The van der Waals surface area contributed by atoms with Crippen molar-refractivity contribution in [2.24, 2.45) is 7.05 Å². The number of methoxy groups -OCH3 is 2. The molecule has 1 aliphatic heterocycles. The Hall–Kier alpha value is -1.61. The van der Waals surface area contributed by atoms with Gasteiger partial charge in [0.25, 0.3) is 0 Å². The number of hydrogen-bond acceptors (Lipinski definition) is 4. The first-order chi connectivity index (χ1) is 13.0. The molecule has 0 aliphatic carbocycles. The molecule has 2 aromatic carbocycles. The van der Waals surface area contributed by atoms with E-state index in [9.17, 15) is 0 Å². The zero-order valence-electron chi connectivity index (χ0n) is 16.2. The van der Waals surface area contributed by atoms with Crippen molar-refractivity contribution in [2.75, 3.05) is 25.7 Å². The maximum absolute atomic E-state index is 5.51. The van der Waals surface area contributed by atoms with Gasteiger partial charge in [-0.1, -0.05) is 0 Å². The standard InChI is InChI=1S/C21H23N2O2STe/c1-6-23-14-10-16(24-4)17(25-5)11-18(14)26-20(23)12-21-22(3)15-9-13(2)7-8-19(15)27-21/h7-12H,6H2,1-5H3/q+1. The molecule has 0 unspecified atom stereocenters. The SMILES string of the molecule is CCN1C(=Cc2[te]c3ccc(C)cc3[n+]2C)Sc2cc(OC)c(OC)cc21. The summed E-state index contributed by atoms with van der Waals surface area (Å²) in [4.78, 5) is 3.58. The average molecular weight is 495 g/mol. The average Bonchev–Trinajstić information content (AvgIpc) is 3.17. The normalized spacial score (nSPS) is 14.9. The zero-order chi connectivity index (χ0) is 19.1. The third-order valence-corrected chi connectivity index (χ3v) is 9.24. The molecule has 0 fully saturated rings. The number of thioether (sulfide) groups is 1. The van der Waals surface area contributed by atoms with E-state index < -0.39 is 0 Å². The minimum atomic E-state index is -0.364. The van der Waals surface area contributed by atoms with E-state index in [-0.39, 0.29) is 20.4 Å². The molecule has 1 aliphatic rings. The second kappa shape index (κ2) is 7.43. The molecule has 0 saturated carbocycles. The van der Waals surface area contributed by atoms with E-state index in [0.717, 1.165) is 18.0 Å². The second-order valence-electron chi connectivity index (χ2n) is 6.47. The van der Waals surface area contributed by atoms with E-state index in [2.05, 4.69) is 66.8 Å². The maximum atomic E-state index is 5.51. The number of ether oxygens (including phenoxy) is 2. The Morgan fingerprint density at radius 1 is 1.15 bits per heavy atom. The Labute approximate surface area is 174 Å². The zero-order valence-corrected chi connectivity index (χ0v) is 19.3. The van der Waals surface area contributed by atoms with Crippen LogP contribution in [0.2, 0.25) is 0 Å². The summed E-state index contributed by atoms with van der Waals surface area (Å²) in [6.07, 6.45) is 2.38. The van der Waals surface area contributed by atoms with E-state index in [1.165, 1.54) is 33.8 Å². The van der Waals surface area contributed by atoms with Crippen molar-refractivity contribution in [2.45, 2.75) is 18.7 Å². The molecule has 0 radical (unpaired) electrons. The number of benzene rings is 2. The van der Waals surface area contributed by atoms with Gasteiger partial charge >= 0.3 is 175 Å². The van der Waals surface area contributed by atoms with Crippen LogP contribution in [0.1, 0.15) is 16.2 Å². The molecule has 0 amide bonds. The summed E-state index contributed by atoms with van der Waals surface area (Å²) in [7, 11) is 5.57. The van der Waals surface area contributed by atoms with Crippen LogP contribution in [0.3, 0.4) is 0 Å². The molecule has 0 spiro atoms. The minimum absolute atomic E-state index is 0.364. The Morgan fingerprint density at radius 3 is 2.59 bits per heavy atom. The van der Waals surface area contributed by atoms with Crippen molar-refractivity contribution in [3.05, 3.63) is 44.6 Å². The Morgan fingerprint density at radius 2 is 1.89 bits per heavy atom. The van der Waals surface area contributed by atoms with Crippen LogP contribution < -0.4 is 18.9 Å². The number of rotatable bonds is 4. The van der Waals surface area contributed by atoms with E-state index in [4.69, 9.17) is 9.47 Å². The fourth-order valence-electron chi connectivity index (χ4n) is 3.37. The van der Waals surface area contributed by atoms with Gasteiger partial charge in [-0.3, -0.25) is 0 Å². The molecule has 0 N–H and O–H groups in total. The van der Waals surface area contributed by atoms with E-state index in [1.54, 1.807) is 14.2 Å². The van der Waals surface area contributed by atoms with Crippen molar-refractivity contribution in [1.82, 2.24) is 0 Å². The van der Waals surface area contributed by atoms with Crippen molar-refractivity contribution in [3.8, 4) is 11.5 Å². The number of aryl methyl sites for hydroxylation is 2. The van der Waals surface area contributed by atoms with Crippen LogP contribution in [0.25, 0.3) is 15.0 Å². The Bertz CT molecular complexity index is 1060. The predicted octanol–water partition coefficient (Wildman–Crippen LogP) is 3.98. The molecule has 140 valence electrons. The topological polar surface area (TPSA) is 25.6 Å². The van der Waals surface area contributed by atoms with Crippen molar-refractivity contribution < 1.29 is 14.0 Å². The third kappa shape index (κ3) is 3.24. The van der Waals surface area contributed by atoms with Gasteiger partial charge in [-0.05, 0) is 0 Å². The summed E-state index contributed by atoms with van der Waals surface area (Å²) in [5, 5.41) is 1.28. The molecular formula is C21H23N2O2STe+. The molecule has 6 heteroatoms. The summed E-state index contributed by atoms with van der Waals surface area (Å²) in [5.41, 5.74) is 3.89. The second-order valence-corrected chi connectivity index (χ2v) is 10.6. The predicted molar refractivity (Wildman–Crippen MR) is 113 cm³/mol. The quantitative estimate of drug-likeness (QED) is 0.405. The summed E-state index contributed by atoms with van der Waals surface area (Å²) in [5.74, 6) is 1.56. The number of aromatic nitrogens is 1. The monoisotopic (exact) mass is 497 g/mol. The Kier molecular flexibility index (Phi) is 5.15. The van der Waals surface area contributed by atoms with Gasteiger partial charge in [0, 0.05) is 0 Å². The van der Waals surface area contributed by atoms with E-state index in [0.29, 0.717) is 0 Å². The summed E-state index contributed by atoms with van der Waals surface area (Å²) < 4.78 is 16.3. The van der Waals surface area contributed by atoms with Gasteiger partial charge in [0.05, 0.1) is 0 Å². The van der Waals surface area contributed by atoms with Crippen molar-refractivity contribution in [3.63, 3.8) is 0 Å². The van der Waals surface area contributed by atoms with Crippen LogP contribution in [0.4, 0.5) is 5.69 Å². The molecule has 0 saturated heterocycles. The molecule has 1 aromatic heterocycles. The van der Waals surface area contributed by atoms with Crippen LogP contribution in [-0.2, 0) is 7.05 Å². The van der Waals surface area contributed by atoms with Gasteiger partial charge < -0.3 is 0 Å². The molecule has 0 bridgehead atoms. The van der Waals surface area contributed by atoms with E-state index >= 15 is 0 Å². The summed E-state index contributed by atoms with van der Waals surface area (Å²) >= 11 is 1.45. The first kappa shape index (κ1) is 18.7. The number of anilines is 1. The fourth-order valence-corrected chi connectivity index (χ4v) is 7.82. The fraction of sp³-hybridized carbons (Fsp3) is 0.286. The Balaban J connectivity index is 1.79. The number of hydrogen-bond donors (Lipinski definition) is 0. The first-order valence-electron chi connectivity index (χ1n) is 8.88. The number of nitrogens with zero attached hydrogens (tertiary/aromatic N) is 2. The van der Waals surface area contributed by atoms with Gasteiger partial charge in [0.2, 0.25) is 0 Å². The summed E-state index contributed by atoms with van der Waals surface area (Å²) in [6.45, 7) is 5.27. The van der Waals surface area contributed by atoms with Crippen LogP contribution in [0.15, 0.2) is 40.3 Å². The molecule has 0 atom stereocenters.